The van der Waals surface area contributed by atoms with Gasteiger partial charge in [-0.1, -0.05) is 6.92 Å². The van der Waals surface area contributed by atoms with Crippen LogP contribution in [0.1, 0.15) is 39.5 Å². The molecule has 2 unspecified atom stereocenters. The molecule has 1 fully saturated rings. The minimum atomic E-state index is -0.571. The molecule has 0 bridgehead atoms. The molecule has 1 N–H and O–H groups in total. The van der Waals surface area contributed by atoms with Gasteiger partial charge in [0.2, 0.25) is 0 Å². The maximum absolute atomic E-state index is 11.8. The van der Waals surface area contributed by atoms with Gasteiger partial charge in [0.1, 0.15) is 5.54 Å². The fraction of sp³-hybridized carbons (Fsp3) is 0.938. The zero-order chi connectivity index (χ0) is 15.9. The molecule has 0 aromatic heterocycles. The summed E-state index contributed by atoms with van der Waals surface area (Å²) in [6.07, 6.45) is 4.42. The fourth-order valence-electron chi connectivity index (χ4n) is 3.23. The Labute approximate surface area is 130 Å². The third-order valence-electron chi connectivity index (χ3n) is 4.83. The SMILES string of the molecule is CCN1CCCC1CN(C)CCCC(C)(NC)C(=O)OC. The van der Waals surface area contributed by atoms with Crippen molar-refractivity contribution in [3.05, 3.63) is 0 Å². The van der Waals surface area contributed by atoms with Crippen molar-refractivity contribution in [2.75, 3.05) is 47.4 Å². The first-order chi connectivity index (χ1) is 9.96. The molecular weight excluding hydrogens is 266 g/mol. The second-order valence-corrected chi connectivity index (χ2v) is 6.36. The molecule has 0 aliphatic carbocycles. The maximum atomic E-state index is 11.8. The quantitative estimate of drug-likeness (QED) is 0.651. The number of ether oxygens (including phenoxy) is 1. The van der Waals surface area contributed by atoms with Crippen LogP contribution in [0, 0.1) is 0 Å². The molecular formula is C16H33N3O2. The molecule has 0 radical (unpaired) electrons. The predicted octanol–water partition coefficient (Wildman–Crippen LogP) is 1.33. The van der Waals surface area contributed by atoms with Crippen LogP contribution in [0.25, 0.3) is 0 Å². The van der Waals surface area contributed by atoms with E-state index in [2.05, 4.69) is 29.1 Å². The summed E-state index contributed by atoms with van der Waals surface area (Å²) >= 11 is 0. The third-order valence-corrected chi connectivity index (χ3v) is 4.83. The first-order valence-corrected chi connectivity index (χ1v) is 8.16. The summed E-state index contributed by atoms with van der Waals surface area (Å²) in [7, 11) is 5.45. The average Bonchev–Trinajstić information content (AvgIpc) is 2.93. The van der Waals surface area contributed by atoms with Gasteiger partial charge in [0, 0.05) is 12.6 Å². The van der Waals surface area contributed by atoms with Crippen molar-refractivity contribution >= 4 is 5.97 Å². The van der Waals surface area contributed by atoms with Crippen molar-refractivity contribution < 1.29 is 9.53 Å². The summed E-state index contributed by atoms with van der Waals surface area (Å²) in [5.74, 6) is -0.180. The summed E-state index contributed by atoms with van der Waals surface area (Å²) < 4.78 is 4.88. The highest BCUT2D eigenvalue weighted by atomic mass is 16.5. The highest BCUT2D eigenvalue weighted by Gasteiger charge is 2.32. The lowest BCUT2D eigenvalue weighted by Crippen LogP contribution is -2.48. The van der Waals surface area contributed by atoms with E-state index in [1.54, 1.807) is 0 Å². The van der Waals surface area contributed by atoms with Gasteiger partial charge in [-0.3, -0.25) is 9.69 Å². The number of methoxy groups -OCH3 is 1. The summed E-state index contributed by atoms with van der Waals surface area (Å²) in [5.41, 5.74) is -0.571. The number of hydrogen-bond acceptors (Lipinski definition) is 5. The number of likely N-dealkylation sites (tertiary alicyclic amines) is 1. The summed E-state index contributed by atoms with van der Waals surface area (Å²) in [6, 6.07) is 0.705. The summed E-state index contributed by atoms with van der Waals surface area (Å²) in [6.45, 7) is 8.69. The van der Waals surface area contributed by atoms with Crippen molar-refractivity contribution in [3.63, 3.8) is 0 Å². The first-order valence-electron chi connectivity index (χ1n) is 8.16. The average molecular weight is 299 g/mol. The van der Waals surface area contributed by atoms with Crippen LogP contribution < -0.4 is 5.32 Å². The molecule has 5 nitrogen and oxygen atoms in total. The van der Waals surface area contributed by atoms with Crippen LogP contribution in [0.15, 0.2) is 0 Å². The minimum Gasteiger partial charge on any atom is -0.468 e. The van der Waals surface area contributed by atoms with E-state index in [9.17, 15) is 4.79 Å². The van der Waals surface area contributed by atoms with Gasteiger partial charge in [0.25, 0.3) is 0 Å². The predicted molar refractivity (Wildman–Crippen MR) is 86.5 cm³/mol. The Hall–Kier alpha value is -0.650. The van der Waals surface area contributed by atoms with Gasteiger partial charge in [-0.15, -0.1) is 0 Å². The van der Waals surface area contributed by atoms with Crippen LogP contribution in [0.2, 0.25) is 0 Å². The molecule has 1 saturated heterocycles. The lowest BCUT2D eigenvalue weighted by atomic mass is 9.96. The van der Waals surface area contributed by atoms with Crippen LogP contribution in [0.4, 0.5) is 0 Å². The first kappa shape index (κ1) is 18.4. The maximum Gasteiger partial charge on any atom is 0.325 e. The molecule has 2 atom stereocenters. The lowest BCUT2D eigenvalue weighted by molar-refractivity contribution is -0.148. The molecule has 0 spiro atoms. The van der Waals surface area contributed by atoms with E-state index < -0.39 is 5.54 Å². The van der Waals surface area contributed by atoms with E-state index in [-0.39, 0.29) is 5.97 Å². The fourth-order valence-corrected chi connectivity index (χ4v) is 3.23. The van der Waals surface area contributed by atoms with Crippen LogP contribution in [-0.2, 0) is 9.53 Å². The molecule has 0 aromatic carbocycles. The van der Waals surface area contributed by atoms with Crippen molar-refractivity contribution in [1.29, 1.82) is 0 Å². The van der Waals surface area contributed by atoms with Gasteiger partial charge >= 0.3 is 5.97 Å². The lowest BCUT2D eigenvalue weighted by Gasteiger charge is -2.29. The van der Waals surface area contributed by atoms with E-state index in [4.69, 9.17) is 4.74 Å². The largest absolute Gasteiger partial charge is 0.468 e. The Balaban J connectivity index is 2.32. The molecule has 1 heterocycles. The Morgan fingerprint density at radius 1 is 1.52 bits per heavy atom. The van der Waals surface area contributed by atoms with E-state index in [0.29, 0.717) is 6.04 Å². The number of carbonyl (C=O) groups excluding carboxylic acids is 1. The van der Waals surface area contributed by atoms with Crippen LogP contribution in [0.3, 0.4) is 0 Å². The Bertz CT molecular complexity index is 325. The number of nitrogens with one attached hydrogen (secondary N) is 1. The topological polar surface area (TPSA) is 44.8 Å². The number of likely N-dealkylation sites (N-methyl/N-ethyl adjacent to an activating group) is 3. The Kier molecular flexibility index (Phi) is 7.63. The van der Waals surface area contributed by atoms with Crippen molar-refractivity contribution in [3.8, 4) is 0 Å². The van der Waals surface area contributed by atoms with Crippen LogP contribution >= 0.6 is 0 Å². The highest BCUT2D eigenvalue weighted by Crippen LogP contribution is 2.18. The summed E-state index contributed by atoms with van der Waals surface area (Å²) in [5, 5.41) is 3.09. The van der Waals surface area contributed by atoms with Gasteiger partial charge in [-0.25, -0.2) is 0 Å². The number of hydrogen-bond donors (Lipinski definition) is 1. The third kappa shape index (κ3) is 5.24. The molecule has 1 aliphatic heterocycles. The molecule has 5 heteroatoms. The molecule has 1 rings (SSSR count). The highest BCUT2D eigenvalue weighted by molar-refractivity contribution is 5.80. The second kappa shape index (κ2) is 8.71. The minimum absolute atomic E-state index is 0.180. The van der Waals surface area contributed by atoms with Gasteiger partial charge in [0.15, 0.2) is 0 Å². The second-order valence-electron chi connectivity index (χ2n) is 6.36. The molecule has 21 heavy (non-hydrogen) atoms. The van der Waals surface area contributed by atoms with Gasteiger partial charge in [0.05, 0.1) is 7.11 Å². The molecule has 0 aromatic rings. The van der Waals surface area contributed by atoms with E-state index in [1.165, 1.54) is 26.5 Å². The number of esters is 1. The van der Waals surface area contributed by atoms with Crippen molar-refractivity contribution in [1.82, 2.24) is 15.1 Å². The molecule has 1 aliphatic rings. The number of nitrogens with zero attached hydrogens (tertiary/aromatic N) is 2. The number of carbonyl (C=O) groups is 1. The van der Waals surface area contributed by atoms with Crippen molar-refractivity contribution in [2.24, 2.45) is 0 Å². The van der Waals surface area contributed by atoms with Crippen molar-refractivity contribution in [2.45, 2.75) is 51.1 Å². The van der Waals surface area contributed by atoms with E-state index >= 15 is 0 Å². The standard InChI is InChI=1S/C16H33N3O2/c1-6-19-12-7-9-14(19)13-18(4)11-8-10-16(2,17-3)15(20)21-5/h14,17H,6-13H2,1-5H3. The van der Waals surface area contributed by atoms with Gasteiger partial charge in [-0.2, -0.15) is 0 Å². The molecule has 124 valence electrons. The van der Waals surface area contributed by atoms with Gasteiger partial charge < -0.3 is 15.0 Å². The van der Waals surface area contributed by atoms with Gasteiger partial charge in [-0.05, 0) is 66.3 Å². The normalized spacial score (nSPS) is 22.5. The molecule has 0 amide bonds. The number of rotatable bonds is 9. The Morgan fingerprint density at radius 2 is 2.24 bits per heavy atom. The zero-order valence-electron chi connectivity index (χ0n) is 14.4. The Morgan fingerprint density at radius 3 is 2.81 bits per heavy atom. The van der Waals surface area contributed by atoms with Crippen LogP contribution in [-0.4, -0.2) is 74.7 Å². The monoisotopic (exact) mass is 299 g/mol. The molecule has 0 saturated carbocycles. The smallest absolute Gasteiger partial charge is 0.325 e. The zero-order valence-corrected chi connectivity index (χ0v) is 14.4. The summed E-state index contributed by atoms with van der Waals surface area (Å²) in [4.78, 5) is 16.8. The van der Waals surface area contributed by atoms with E-state index in [0.717, 1.165) is 32.5 Å². The van der Waals surface area contributed by atoms with E-state index in [1.807, 2.05) is 14.0 Å². The van der Waals surface area contributed by atoms with Crippen LogP contribution in [0.5, 0.6) is 0 Å².